The van der Waals surface area contributed by atoms with Crippen LogP contribution in [0.2, 0.25) is 0 Å². The number of Topliss-reactive ketones (excluding diaryl/α,β-unsaturated/α-hetero) is 1. The van der Waals surface area contributed by atoms with Crippen LogP contribution in [0.5, 0.6) is 0 Å². The molecule has 0 aliphatic heterocycles. The van der Waals surface area contributed by atoms with Crippen molar-refractivity contribution >= 4 is 21.7 Å². The summed E-state index contributed by atoms with van der Waals surface area (Å²) in [7, 11) is 1.64. The summed E-state index contributed by atoms with van der Waals surface area (Å²) in [6, 6.07) is 0. The highest BCUT2D eigenvalue weighted by atomic mass is 79.9. The number of nitrogens with two attached hydrogens (primary N) is 1. The van der Waals surface area contributed by atoms with E-state index in [4.69, 9.17) is 10.5 Å². The second-order valence-electron chi connectivity index (χ2n) is 6.05. The molecule has 6 heteroatoms. The molecule has 21 heavy (non-hydrogen) atoms. The molecular formula is C15H24BrN3O2. The molecule has 118 valence electrons. The normalized spacial score (nSPS) is 26.0. The third kappa shape index (κ3) is 3.38. The summed E-state index contributed by atoms with van der Waals surface area (Å²) in [5, 5.41) is 4.28. The van der Waals surface area contributed by atoms with E-state index in [0.717, 1.165) is 30.2 Å². The van der Waals surface area contributed by atoms with Gasteiger partial charge in [-0.25, -0.2) is 0 Å². The number of carbonyl (C=O) groups is 1. The Bertz CT molecular complexity index is 493. The van der Waals surface area contributed by atoms with E-state index in [1.165, 1.54) is 0 Å². The average Bonchev–Trinajstić information content (AvgIpc) is 2.86. The van der Waals surface area contributed by atoms with Crippen LogP contribution < -0.4 is 5.73 Å². The highest BCUT2D eigenvalue weighted by Gasteiger charge is 2.42. The van der Waals surface area contributed by atoms with Gasteiger partial charge in [-0.05, 0) is 47.5 Å². The molecule has 0 spiro atoms. The first kappa shape index (κ1) is 16.6. The number of methoxy groups -OCH3 is 1. The second-order valence-corrected chi connectivity index (χ2v) is 6.91. The first-order valence-corrected chi connectivity index (χ1v) is 8.28. The maximum Gasteiger partial charge on any atom is 0.189 e. The summed E-state index contributed by atoms with van der Waals surface area (Å²) in [6.07, 6.45) is 5.54. The zero-order valence-electron chi connectivity index (χ0n) is 12.8. The number of rotatable bonds is 6. The maximum absolute atomic E-state index is 13.1. The molecule has 1 aliphatic rings. The second kappa shape index (κ2) is 7.03. The van der Waals surface area contributed by atoms with Crippen LogP contribution in [0.1, 0.15) is 43.1 Å². The summed E-state index contributed by atoms with van der Waals surface area (Å²) in [5.41, 5.74) is 6.20. The van der Waals surface area contributed by atoms with Crippen molar-refractivity contribution in [1.29, 1.82) is 0 Å². The molecule has 1 heterocycles. The first-order valence-electron chi connectivity index (χ1n) is 7.49. The lowest BCUT2D eigenvalue weighted by Crippen LogP contribution is -2.42. The van der Waals surface area contributed by atoms with Crippen molar-refractivity contribution in [3.63, 3.8) is 0 Å². The van der Waals surface area contributed by atoms with Gasteiger partial charge in [0.2, 0.25) is 0 Å². The van der Waals surface area contributed by atoms with Crippen molar-refractivity contribution in [1.82, 2.24) is 9.78 Å². The van der Waals surface area contributed by atoms with E-state index in [0.29, 0.717) is 31.3 Å². The molecule has 1 saturated carbocycles. The van der Waals surface area contributed by atoms with Crippen LogP contribution in [0.15, 0.2) is 10.7 Å². The summed E-state index contributed by atoms with van der Waals surface area (Å²) in [5.74, 6) is 0.802. The smallest absolute Gasteiger partial charge is 0.189 e. The molecule has 0 radical (unpaired) electrons. The molecule has 5 nitrogen and oxygen atoms in total. The van der Waals surface area contributed by atoms with Gasteiger partial charge in [0.25, 0.3) is 0 Å². The van der Waals surface area contributed by atoms with Crippen LogP contribution >= 0.6 is 15.9 Å². The zero-order valence-corrected chi connectivity index (χ0v) is 14.4. The van der Waals surface area contributed by atoms with Crippen molar-refractivity contribution in [3.05, 3.63) is 16.4 Å². The predicted molar refractivity (Wildman–Crippen MR) is 85.3 cm³/mol. The summed E-state index contributed by atoms with van der Waals surface area (Å²) in [4.78, 5) is 13.1. The average molecular weight is 358 g/mol. The number of halogens is 1. The molecule has 2 N–H and O–H groups in total. The van der Waals surface area contributed by atoms with Crippen molar-refractivity contribution in [2.75, 3.05) is 20.3 Å². The van der Waals surface area contributed by atoms with E-state index in [9.17, 15) is 4.79 Å². The first-order chi connectivity index (χ1) is 10.0. The molecule has 0 saturated heterocycles. The summed E-state index contributed by atoms with van der Waals surface area (Å²) >= 11 is 3.46. The third-order valence-corrected chi connectivity index (χ3v) is 5.20. The summed E-state index contributed by atoms with van der Waals surface area (Å²) in [6.45, 7) is 3.74. The number of ketones is 1. The van der Waals surface area contributed by atoms with Gasteiger partial charge in [-0.3, -0.25) is 9.48 Å². The Labute approximate surface area is 134 Å². The number of aromatic nitrogens is 2. The van der Waals surface area contributed by atoms with Crippen LogP contribution in [0.3, 0.4) is 0 Å². The molecular weight excluding hydrogens is 334 g/mol. The topological polar surface area (TPSA) is 70.1 Å². The largest absolute Gasteiger partial charge is 0.383 e. The standard InChI is InChI=1S/C15H24BrN3O2/c1-11-3-5-15(10-17,6-4-11)14(20)13-12(16)9-18-19(13)7-8-21-2/h9,11H,3-8,10,17H2,1-2H3. The number of hydrogen-bond acceptors (Lipinski definition) is 4. The Kier molecular flexibility index (Phi) is 5.57. The molecule has 1 aromatic rings. The lowest BCUT2D eigenvalue weighted by atomic mass is 9.67. The Morgan fingerprint density at radius 3 is 2.81 bits per heavy atom. The molecule has 1 fully saturated rings. The SMILES string of the molecule is COCCn1ncc(Br)c1C(=O)C1(CN)CCC(C)CC1. The molecule has 0 amide bonds. The minimum absolute atomic E-state index is 0.123. The van der Waals surface area contributed by atoms with Gasteiger partial charge in [0, 0.05) is 19.1 Å². The van der Waals surface area contributed by atoms with Gasteiger partial charge < -0.3 is 10.5 Å². The van der Waals surface area contributed by atoms with Gasteiger partial charge in [0.1, 0.15) is 5.69 Å². The fourth-order valence-corrected chi connectivity index (χ4v) is 3.50. The van der Waals surface area contributed by atoms with Crippen LogP contribution in [0, 0.1) is 11.3 Å². The van der Waals surface area contributed by atoms with Crippen LogP contribution in [-0.2, 0) is 11.3 Å². The molecule has 1 aliphatic carbocycles. The highest BCUT2D eigenvalue weighted by Crippen LogP contribution is 2.41. The Morgan fingerprint density at radius 1 is 1.57 bits per heavy atom. The Balaban J connectivity index is 2.27. The molecule has 0 bridgehead atoms. The molecule has 0 unspecified atom stereocenters. The van der Waals surface area contributed by atoms with Crippen LogP contribution in [0.4, 0.5) is 0 Å². The number of ether oxygens (including phenoxy) is 1. The predicted octanol–water partition coefficient (Wildman–Crippen LogP) is 2.63. The fraction of sp³-hybridized carbons (Fsp3) is 0.733. The third-order valence-electron chi connectivity index (χ3n) is 4.62. The maximum atomic E-state index is 13.1. The molecule has 2 rings (SSSR count). The van der Waals surface area contributed by atoms with Crippen molar-refractivity contribution in [3.8, 4) is 0 Å². The van der Waals surface area contributed by atoms with E-state index in [1.54, 1.807) is 18.0 Å². The van der Waals surface area contributed by atoms with Crippen LogP contribution in [-0.4, -0.2) is 35.8 Å². The van der Waals surface area contributed by atoms with Crippen LogP contribution in [0.25, 0.3) is 0 Å². The van der Waals surface area contributed by atoms with Crippen molar-refractivity contribution in [2.45, 2.75) is 39.2 Å². The molecule has 1 aromatic heterocycles. The lowest BCUT2D eigenvalue weighted by molar-refractivity contribution is 0.0679. The van der Waals surface area contributed by atoms with Gasteiger partial charge in [0.15, 0.2) is 5.78 Å². The molecule has 0 atom stereocenters. The van der Waals surface area contributed by atoms with E-state index in [2.05, 4.69) is 28.0 Å². The van der Waals surface area contributed by atoms with Gasteiger partial charge in [-0.1, -0.05) is 6.92 Å². The zero-order chi connectivity index (χ0) is 15.5. The van der Waals surface area contributed by atoms with Gasteiger partial charge in [0.05, 0.1) is 23.8 Å². The quantitative estimate of drug-likeness (QED) is 0.794. The minimum atomic E-state index is -0.431. The fourth-order valence-electron chi connectivity index (χ4n) is 3.03. The van der Waals surface area contributed by atoms with Crippen molar-refractivity contribution < 1.29 is 9.53 Å². The Morgan fingerprint density at radius 2 is 2.24 bits per heavy atom. The number of nitrogens with zero attached hydrogens (tertiary/aromatic N) is 2. The van der Waals surface area contributed by atoms with E-state index in [1.807, 2.05) is 0 Å². The molecule has 0 aromatic carbocycles. The minimum Gasteiger partial charge on any atom is -0.383 e. The van der Waals surface area contributed by atoms with E-state index < -0.39 is 5.41 Å². The summed E-state index contributed by atoms with van der Waals surface area (Å²) < 4.78 is 7.56. The van der Waals surface area contributed by atoms with E-state index >= 15 is 0 Å². The van der Waals surface area contributed by atoms with Gasteiger partial charge >= 0.3 is 0 Å². The number of hydrogen-bond donors (Lipinski definition) is 1. The van der Waals surface area contributed by atoms with Crippen molar-refractivity contribution in [2.24, 2.45) is 17.1 Å². The van der Waals surface area contributed by atoms with Gasteiger partial charge in [-0.15, -0.1) is 0 Å². The lowest BCUT2D eigenvalue weighted by Gasteiger charge is -2.37. The Hall–Kier alpha value is -0.720. The highest BCUT2D eigenvalue weighted by molar-refractivity contribution is 9.10. The number of carbonyl (C=O) groups excluding carboxylic acids is 1. The van der Waals surface area contributed by atoms with E-state index in [-0.39, 0.29) is 5.78 Å². The monoisotopic (exact) mass is 357 g/mol. The van der Waals surface area contributed by atoms with Gasteiger partial charge in [-0.2, -0.15) is 5.10 Å².